The number of amides is 2. The molecule has 4 nitrogen and oxygen atoms in total. The quantitative estimate of drug-likeness (QED) is 0.289. The number of primary amides is 1. The van der Waals surface area contributed by atoms with E-state index < -0.39 is 5.91 Å². The fraction of sp³-hybridized carbons (Fsp3) is 0. The smallest absolute Gasteiger partial charge is 0.263 e. The molecule has 0 saturated heterocycles. The van der Waals surface area contributed by atoms with Gasteiger partial charge in [0.2, 0.25) is 5.91 Å². The van der Waals surface area contributed by atoms with Crippen molar-refractivity contribution in [2.45, 2.75) is 0 Å². The molecule has 2 amide bonds. The van der Waals surface area contributed by atoms with Crippen molar-refractivity contribution in [2.75, 3.05) is 4.90 Å². The van der Waals surface area contributed by atoms with Gasteiger partial charge in [-0.15, -0.1) is 0 Å². The van der Waals surface area contributed by atoms with Crippen LogP contribution >= 0.6 is 95.6 Å². The van der Waals surface area contributed by atoms with E-state index >= 15 is 0 Å². The van der Waals surface area contributed by atoms with E-state index in [-0.39, 0.29) is 11.5 Å². The van der Waals surface area contributed by atoms with E-state index in [1.807, 2.05) is 24.3 Å². The Kier molecular flexibility index (Phi) is 8.01. The zero-order chi connectivity index (χ0) is 22.2. The second kappa shape index (κ2) is 9.95. The molecule has 3 aromatic carbocycles. The highest BCUT2D eigenvalue weighted by atomic mass is 79.9. The van der Waals surface area contributed by atoms with E-state index in [1.54, 1.807) is 23.1 Å². The summed E-state index contributed by atoms with van der Waals surface area (Å²) in [5.74, 6) is -0.946. The molecule has 0 saturated carbocycles. The number of carbonyl (C=O) groups is 2. The van der Waals surface area contributed by atoms with Gasteiger partial charge in [-0.1, -0.05) is 37.9 Å². The molecule has 0 unspecified atom stereocenters. The summed E-state index contributed by atoms with van der Waals surface area (Å²) in [6.07, 6.45) is 0. The first kappa shape index (κ1) is 24.1. The Balaban J connectivity index is 2.31. The molecular weight excluding hydrogens is 780 g/mol. The van der Waals surface area contributed by atoms with E-state index in [1.165, 1.54) is 6.07 Å². The molecule has 0 aliphatic rings. The predicted octanol–water partition coefficient (Wildman–Crippen LogP) is 8.34. The van der Waals surface area contributed by atoms with Crippen LogP contribution in [0.1, 0.15) is 20.7 Å². The molecule has 3 aromatic rings. The molecular formula is C20H10Br6N2O2. The lowest BCUT2D eigenvalue weighted by molar-refractivity contribution is 0.0998. The van der Waals surface area contributed by atoms with Crippen molar-refractivity contribution in [2.24, 2.45) is 5.73 Å². The average molecular weight is 790 g/mol. The maximum Gasteiger partial charge on any atom is 0.263 e. The number of rotatable bonds is 4. The lowest BCUT2D eigenvalue weighted by atomic mass is 10.1. The van der Waals surface area contributed by atoms with Gasteiger partial charge in [-0.25, -0.2) is 0 Å². The number of hydrogen-bond donors (Lipinski definition) is 1. The number of halogens is 6. The summed E-state index contributed by atoms with van der Waals surface area (Å²) < 4.78 is 4.41. The molecule has 0 atom stereocenters. The van der Waals surface area contributed by atoms with Crippen LogP contribution in [-0.4, -0.2) is 11.8 Å². The first-order valence-corrected chi connectivity index (χ1v) is 12.9. The highest BCUT2D eigenvalue weighted by Crippen LogP contribution is 2.46. The Bertz CT molecular complexity index is 1080. The lowest BCUT2D eigenvalue weighted by Gasteiger charge is -2.28. The first-order valence-electron chi connectivity index (χ1n) is 8.13. The van der Waals surface area contributed by atoms with Crippen LogP contribution in [0.2, 0.25) is 0 Å². The molecule has 0 fully saturated rings. The zero-order valence-electron chi connectivity index (χ0n) is 14.7. The molecule has 2 N–H and O–H groups in total. The van der Waals surface area contributed by atoms with Crippen LogP contribution in [0.15, 0.2) is 75.4 Å². The Labute approximate surface area is 223 Å². The van der Waals surface area contributed by atoms with Gasteiger partial charge in [-0.3, -0.25) is 14.5 Å². The third-order valence-corrected chi connectivity index (χ3v) is 7.34. The van der Waals surface area contributed by atoms with Crippen molar-refractivity contribution in [1.29, 1.82) is 0 Å². The normalized spacial score (nSPS) is 10.7. The summed E-state index contributed by atoms with van der Waals surface area (Å²) in [4.78, 5) is 27.0. The maximum atomic E-state index is 13.8. The third kappa shape index (κ3) is 5.10. The van der Waals surface area contributed by atoms with Gasteiger partial charge in [0.1, 0.15) is 0 Å². The van der Waals surface area contributed by atoms with Crippen molar-refractivity contribution in [3.63, 3.8) is 0 Å². The standard InChI is InChI=1S/C20H10Br6N2O2/c21-11-5-13(23)17(14(24)6-11)28(18-15(25)7-12(22)8-16(18)26)20(30)10-3-1-2-9(4-10)19(27)29/h1-8H,(H2,27,29). The van der Waals surface area contributed by atoms with Gasteiger partial charge in [-0.2, -0.15) is 0 Å². The van der Waals surface area contributed by atoms with Gasteiger partial charge < -0.3 is 5.73 Å². The average Bonchev–Trinajstić information content (AvgIpc) is 2.64. The van der Waals surface area contributed by atoms with E-state index in [0.717, 1.165) is 8.95 Å². The molecule has 30 heavy (non-hydrogen) atoms. The van der Waals surface area contributed by atoms with Crippen LogP contribution in [0.25, 0.3) is 0 Å². The largest absolute Gasteiger partial charge is 0.366 e. The van der Waals surface area contributed by atoms with Crippen LogP contribution in [0.3, 0.4) is 0 Å². The zero-order valence-corrected chi connectivity index (χ0v) is 24.2. The molecule has 0 bridgehead atoms. The minimum Gasteiger partial charge on any atom is -0.366 e. The van der Waals surface area contributed by atoms with Crippen molar-refractivity contribution in [3.8, 4) is 0 Å². The minimum absolute atomic E-state index is 0.253. The fourth-order valence-electron chi connectivity index (χ4n) is 2.75. The van der Waals surface area contributed by atoms with Crippen LogP contribution in [0.5, 0.6) is 0 Å². The minimum atomic E-state index is -0.604. The van der Waals surface area contributed by atoms with Crippen LogP contribution < -0.4 is 10.6 Å². The topological polar surface area (TPSA) is 63.4 Å². The molecule has 10 heteroatoms. The summed E-state index contributed by atoms with van der Waals surface area (Å²) in [7, 11) is 0. The summed E-state index contributed by atoms with van der Waals surface area (Å²) in [6, 6.07) is 13.7. The van der Waals surface area contributed by atoms with E-state index in [2.05, 4.69) is 95.6 Å². The van der Waals surface area contributed by atoms with Gasteiger partial charge in [0.25, 0.3) is 5.91 Å². The summed E-state index contributed by atoms with van der Waals surface area (Å²) in [5.41, 5.74) is 7.16. The number of benzene rings is 3. The lowest BCUT2D eigenvalue weighted by Crippen LogP contribution is -2.28. The SMILES string of the molecule is NC(=O)c1cccc(C(=O)N(c2c(Br)cc(Br)cc2Br)c2c(Br)cc(Br)cc2Br)c1. The Morgan fingerprint density at radius 3 is 1.47 bits per heavy atom. The third-order valence-electron chi connectivity index (χ3n) is 4.01. The molecule has 0 radical (unpaired) electrons. The van der Waals surface area contributed by atoms with Gasteiger partial charge in [0.15, 0.2) is 0 Å². The summed E-state index contributed by atoms with van der Waals surface area (Å²) in [5, 5.41) is 0. The van der Waals surface area contributed by atoms with Crippen molar-refractivity contribution in [3.05, 3.63) is 86.5 Å². The highest BCUT2D eigenvalue weighted by Gasteiger charge is 2.28. The number of nitrogens with zero attached hydrogens (tertiary/aromatic N) is 1. The van der Waals surface area contributed by atoms with Gasteiger partial charge in [-0.05, 0) is 106 Å². The molecule has 154 valence electrons. The highest BCUT2D eigenvalue weighted by molar-refractivity contribution is 9.12. The second-order valence-electron chi connectivity index (χ2n) is 6.02. The van der Waals surface area contributed by atoms with Crippen LogP contribution in [0, 0.1) is 0 Å². The Hall–Kier alpha value is -0.520. The van der Waals surface area contributed by atoms with E-state index in [4.69, 9.17) is 5.73 Å². The van der Waals surface area contributed by atoms with Crippen molar-refractivity contribution < 1.29 is 9.59 Å². The predicted molar refractivity (Wildman–Crippen MR) is 141 cm³/mol. The molecule has 0 aromatic heterocycles. The van der Waals surface area contributed by atoms with Gasteiger partial charge in [0, 0.05) is 38.0 Å². The van der Waals surface area contributed by atoms with Crippen LogP contribution in [0.4, 0.5) is 11.4 Å². The van der Waals surface area contributed by atoms with Crippen molar-refractivity contribution in [1.82, 2.24) is 0 Å². The van der Waals surface area contributed by atoms with Crippen LogP contribution in [-0.2, 0) is 0 Å². The van der Waals surface area contributed by atoms with Crippen molar-refractivity contribution >= 4 is 119 Å². The number of hydrogen-bond acceptors (Lipinski definition) is 2. The first-order chi connectivity index (χ1) is 14.1. The fourth-order valence-corrected chi connectivity index (χ4v) is 7.97. The molecule has 0 aliphatic heterocycles. The molecule has 0 spiro atoms. The number of anilines is 2. The molecule has 0 heterocycles. The monoisotopic (exact) mass is 784 g/mol. The van der Waals surface area contributed by atoms with E-state index in [0.29, 0.717) is 34.8 Å². The number of nitrogens with two attached hydrogens (primary N) is 1. The Morgan fingerprint density at radius 1 is 0.667 bits per heavy atom. The number of carbonyl (C=O) groups excluding carboxylic acids is 2. The summed E-state index contributed by atoms with van der Waals surface area (Å²) in [6.45, 7) is 0. The van der Waals surface area contributed by atoms with Gasteiger partial charge >= 0.3 is 0 Å². The molecule has 0 aliphatic carbocycles. The molecule has 3 rings (SSSR count). The summed E-state index contributed by atoms with van der Waals surface area (Å²) >= 11 is 21.2. The van der Waals surface area contributed by atoms with Gasteiger partial charge in [0.05, 0.1) is 11.4 Å². The van der Waals surface area contributed by atoms with E-state index in [9.17, 15) is 9.59 Å². The Morgan fingerprint density at radius 2 is 1.07 bits per heavy atom. The second-order valence-corrected chi connectivity index (χ2v) is 11.3. The maximum absolute atomic E-state index is 13.8.